The zero-order valence-electron chi connectivity index (χ0n) is 15.6. The van der Waals surface area contributed by atoms with E-state index in [1.165, 1.54) is 0 Å². The maximum absolute atomic E-state index is 13.5. The van der Waals surface area contributed by atoms with E-state index in [4.69, 9.17) is 0 Å². The zero-order valence-corrected chi connectivity index (χ0v) is 15.6. The van der Waals surface area contributed by atoms with Crippen molar-refractivity contribution in [2.24, 2.45) is 5.92 Å². The minimum Gasteiger partial charge on any atom is -0.393 e. The highest BCUT2D eigenvalue weighted by Crippen LogP contribution is 2.61. The Labute approximate surface area is 179 Å². The molecule has 0 aromatic rings. The number of hydrogen-bond donors (Lipinski definition) is 0. The van der Waals surface area contributed by atoms with Gasteiger partial charge in [0.05, 0.1) is 0 Å². The lowest BCUT2D eigenvalue weighted by Gasteiger charge is -2.41. The highest BCUT2D eigenvalue weighted by atomic mass is 19.4. The summed E-state index contributed by atoms with van der Waals surface area (Å²) in [7, 11) is 0. The van der Waals surface area contributed by atoms with Crippen molar-refractivity contribution in [1.82, 2.24) is 0 Å². The van der Waals surface area contributed by atoms with E-state index in [9.17, 15) is 88.2 Å². The second-order valence-electron chi connectivity index (χ2n) is 6.40. The van der Waals surface area contributed by atoms with Crippen molar-refractivity contribution in [3.63, 3.8) is 0 Å². The van der Waals surface area contributed by atoms with Gasteiger partial charge in [0.25, 0.3) is 0 Å². The predicted molar refractivity (Wildman–Crippen MR) is 71.1 cm³/mol. The van der Waals surface area contributed by atoms with Gasteiger partial charge in [0.2, 0.25) is 0 Å². The van der Waals surface area contributed by atoms with Gasteiger partial charge in [0, 0.05) is 12.5 Å². The first-order valence-corrected chi connectivity index (χ1v) is 7.86. The van der Waals surface area contributed by atoms with Crippen LogP contribution in [0.15, 0.2) is 12.7 Å². The lowest BCUT2D eigenvalue weighted by Crippen LogP contribution is -2.72. The number of alkyl halides is 19. The zero-order chi connectivity index (χ0) is 28.9. The summed E-state index contributed by atoms with van der Waals surface area (Å²) >= 11 is 0. The van der Waals surface area contributed by atoms with Crippen molar-refractivity contribution in [3.8, 4) is 0 Å². The van der Waals surface area contributed by atoms with Gasteiger partial charge in [0.15, 0.2) is 12.1 Å². The summed E-state index contributed by atoms with van der Waals surface area (Å²) < 4.78 is 250. The molecular weight excluding hydrogens is 561 g/mol. The quantitative estimate of drug-likeness (QED) is 0.162. The Bertz CT molecular complexity index is 763. The average molecular weight is 568 g/mol. The molecule has 0 amide bonds. The summed E-state index contributed by atoms with van der Waals surface area (Å²) in [6.07, 6.45) is -30.8. The molecule has 0 aromatic heterocycles. The van der Waals surface area contributed by atoms with Crippen LogP contribution in [-0.2, 0) is 9.53 Å². The Balaban J connectivity index is 6.55. The number of carbonyl (C=O) groups is 1. The Kier molecular flexibility index (Phi) is 8.52. The molecule has 2 nitrogen and oxygen atoms in total. The number of ether oxygens (including phenoxy) is 1. The van der Waals surface area contributed by atoms with E-state index >= 15 is 0 Å². The standard InChI is InChI=1S/C14H7F19O2/c1-2-6(34)35-14(32,33)13(30,31)12(28,29)11(26,27)10(24,25)7(16,17)5(15)3-4(8(18,19)20)9(21,22)23/h2,4-5H,1,3H2. The van der Waals surface area contributed by atoms with E-state index in [-0.39, 0.29) is 0 Å². The Morgan fingerprint density at radius 2 is 1.00 bits per heavy atom. The lowest BCUT2D eigenvalue weighted by atomic mass is 9.88. The highest BCUT2D eigenvalue weighted by Gasteiger charge is 2.92. The topological polar surface area (TPSA) is 26.3 Å². The molecule has 0 N–H and O–H groups in total. The van der Waals surface area contributed by atoms with Gasteiger partial charge in [-0.3, -0.25) is 0 Å². The number of halogens is 19. The molecule has 1 atom stereocenters. The van der Waals surface area contributed by atoms with E-state index in [0.717, 1.165) is 0 Å². The van der Waals surface area contributed by atoms with Crippen LogP contribution >= 0.6 is 0 Å². The number of hydrogen-bond acceptors (Lipinski definition) is 2. The van der Waals surface area contributed by atoms with Gasteiger partial charge in [-0.05, 0) is 0 Å². The maximum Gasteiger partial charge on any atom is 0.473 e. The minimum absolute atomic E-state index is 0.478. The van der Waals surface area contributed by atoms with Crippen LogP contribution in [0.4, 0.5) is 83.4 Å². The van der Waals surface area contributed by atoms with Gasteiger partial charge >= 0.3 is 54.0 Å². The van der Waals surface area contributed by atoms with Crippen LogP contribution in [0.3, 0.4) is 0 Å². The normalized spacial score (nSPS) is 16.3. The van der Waals surface area contributed by atoms with Crippen LogP contribution in [0, 0.1) is 5.92 Å². The molecule has 0 heterocycles. The Morgan fingerprint density at radius 1 is 0.657 bits per heavy atom. The van der Waals surface area contributed by atoms with E-state index in [0.29, 0.717) is 0 Å². The molecule has 35 heavy (non-hydrogen) atoms. The Hall–Kier alpha value is -2.12. The van der Waals surface area contributed by atoms with E-state index in [1.807, 2.05) is 0 Å². The monoisotopic (exact) mass is 568 g/mol. The van der Waals surface area contributed by atoms with Crippen molar-refractivity contribution in [3.05, 3.63) is 12.7 Å². The third-order valence-electron chi connectivity index (χ3n) is 3.99. The summed E-state index contributed by atoms with van der Waals surface area (Å²) in [6, 6.07) is 0. The second-order valence-corrected chi connectivity index (χ2v) is 6.40. The number of esters is 1. The van der Waals surface area contributed by atoms with Gasteiger partial charge in [-0.1, -0.05) is 6.58 Å². The fourth-order valence-electron chi connectivity index (χ4n) is 2.02. The summed E-state index contributed by atoms with van der Waals surface area (Å²) in [4.78, 5) is 10.5. The van der Waals surface area contributed by atoms with Crippen molar-refractivity contribution in [2.45, 2.75) is 60.7 Å². The van der Waals surface area contributed by atoms with Gasteiger partial charge in [-0.15, -0.1) is 0 Å². The van der Waals surface area contributed by atoms with Crippen LogP contribution in [-0.4, -0.2) is 60.2 Å². The molecule has 0 rings (SSSR count). The van der Waals surface area contributed by atoms with Crippen LogP contribution in [0.5, 0.6) is 0 Å². The van der Waals surface area contributed by atoms with Crippen LogP contribution in [0.2, 0.25) is 0 Å². The Morgan fingerprint density at radius 3 is 1.31 bits per heavy atom. The number of carbonyl (C=O) groups excluding carboxylic acids is 1. The largest absolute Gasteiger partial charge is 0.473 e. The summed E-state index contributed by atoms with van der Waals surface area (Å²) in [5.74, 6) is -49.1. The second kappa shape index (κ2) is 9.07. The summed E-state index contributed by atoms with van der Waals surface area (Å²) in [5.41, 5.74) is 0. The highest BCUT2D eigenvalue weighted by molar-refractivity contribution is 5.81. The molecule has 1 unspecified atom stereocenters. The third kappa shape index (κ3) is 5.51. The van der Waals surface area contributed by atoms with Crippen molar-refractivity contribution in [2.75, 3.05) is 0 Å². The smallest absolute Gasteiger partial charge is 0.393 e. The molecule has 0 saturated heterocycles. The van der Waals surface area contributed by atoms with Crippen LogP contribution in [0.25, 0.3) is 0 Å². The van der Waals surface area contributed by atoms with Gasteiger partial charge < -0.3 is 4.74 Å². The van der Waals surface area contributed by atoms with Gasteiger partial charge in [-0.25, -0.2) is 9.18 Å². The van der Waals surface area contributed by atoms with Crippen molar-refractivity contribution >= 4 is 5.97 Å². The van der Waals surface area contributed by atoms with Gasteiger partial charge in [0.1, 0.15) is 0 Å². The van der Waals surface area contributed by atoms with E-state index in [2.05, 4.69) is 11.3 Å². The summed E-state index contributed by atoms with van der Waals surface area (Å²) in [5, 5.41) is 0. The predicted octanol–water partition coefficient (Wildman–Crippen LogP) is 6.95. The fourth-order valence-corrected chi connectivity index (χ4v) is 2.02. The first-order valence-electron chi connectivity index (χ1n) is 7.86. The molecule has 0 aliphatic carbocycles. The number of rotatable bonds is 10. The SMILES string of the molecule is C=CC(=O)OC(F)(F)C(F)(F)C(F)(F)C(F)(F)C(F)(F)C(F)(F)C(F)CC(C(F)(F)F)C(F)(F)F. The molecule has 0 aliphatic rings. The molecule has 21 heteroatoms. The first kappa shape index (κ1) is 32.9. The minimum atomic E-state index is -8.53. The molecule has 0 saturated carbocycles. The average Bonchev–Trinajstić information content (AvgIpc) is 2.62. The molecule has 0 bridgehead atoms. The molecule has 0 spiro atoms. The molecule has 0 radical (unpaired) electrons. The first-order chi connectivity index (χ1) is 15.0. The van der Waals surface area contributed by atoms with Crippen molar-refractivity contribution < 1.29 is 92.9 Å². The molecular formula is C14H7F19O2. The summed E-state index contributed by atoms with van der Waals surface area (Å²) in [6.45, 7) is 2.28. The fraction of sp³-hybridized carbons (Fsp3) is 0.786. The van der Waals surface area contributed by atoms with Gasteiger partial charge in [-0.2, -0.15) is 79.0 Å². The van der Waals surface area contributed by atoms with Crippen LogP contribution < -0.4 is 0 Å². The third-order valence-corrected chi connectivity index (χ3v) is 3.99. The molecule has 0 fully saturated rings. The van der Waals surface area contributed by atoms with Crippen molar-refractivity contribution in [1.29, 1.82) is 0 Å². The lowest BCUT2D eigenvalue weighted by molar-refractivity contribution is -0.453. The maximum atomic E-state index is 13.5. The van der Waals surface area contributed by atoms with E-state index < -0.39 is 78.6 Å². The molecule has 0 aliphatic heterocycles. The van der Waals surface area contributed by atoms with E-state index in [1.54, 1.807) is 0 Å². The molecule has 208 valence electrons. The molecule has 0 aromatic carbocycles. The van der Waals surface area contributed by atoms with Crippen LogP contribution in [0.1, 0.15) is 6.42 Å².